The van der Waals surface area contributed by atoms with E-state index in [1.165, 1.54) is 0 Å². The Labute approximate surface area is 248 Å². The number of carbonyl (C=O) groups excluding carboxylic acids is 1. The Morgan fingerprint density at radius 1 is 0.756 bits per heavy atom. The minimum Gasteiger partial charge on any atom is -0.497 e. The molecule has 1 saturated heterocycles. The van der Waals surface area contributed by atoms with Crippen molar-refractivity contribution >= 4 is 22.6 Å². The molecular formula is C33H48O6Si2. The van der Waals surface area contributed by atoms with Gasteiger partial charge in [0.15, 0.2) is 16.6 Å². The molecule has 224 valence electrons. The summed E-state index contributed by atoms with van der Waals surface area (Å²) in [5, 5.41) is -0.0178. The Bertz CT molecular complexity index is 1270. The van der Waals surface area contributed by atoms with E-state index in [1.54, 1.807) is 7.11 Å². The lowest BCUT2D eigenvalue weighted by Gasteiger charge is -2.47. The van der Waals surface area contributed by atoms with Crippen molar-refractivity contribution < 1.29 is 27.9 Å². The smallest absolute Gasteiger partial charge is 0.317 e. The van der Waals surface area contributed by atoms with Crippen molar-refractivity contribution in [2.24, 2.45) is 11.8 Å². The SMILES string of the molecule is COc1ccc(OC/C=C2\OC(=O)[C@H]3[C@@H]2[C@@H](O[Si](C)(C)C(C)(C)C)c2ccccc2[C@H]3O[Si](C)(C)C(C)(C)C)cc1. The normalized spacial score (nSPS) is 24.1. The molecule has 1 heterocycles. The van der Waals surface area contributed by atoms with Crippen LogP contribution in [0.3, 0.4) is 0 Å². The van der Waals surface area contributed by atoms with Crippen LogP contribution in [0.2, 0.25) is 36.3 Å². The molecule has 0 radical (unpaired) electrons. The number of hydrogen-bond acceptors (Lipinski definition) is 6. The molecular weight excluding hydrogens is 549 g/mol. The van der Waals surface area contributed by atoms with Gasteiger partial charge in [0.1, 0.15) is 23.9 Å². The van der Waals surface area contributed by atoms with E-state index >= 15 is 0 Å². The molecule has 4 rings (SSSR count). The number of rotatable bonds is 8. The second-order valence-electron chi connectivity index (χ2n) is 14.3. The van der Waals surface area contributed by atoms with Gasteiger partial charge in [0.25, 0.3) is 0 Å². The minimum atomic E-state index is -2.24. The van der Waals surface area contributed by atoms with Crippen LogP contribution in [0, 0.1) is 11.8 Å². The van der Waals surface area contributed by atoms with E-state index in [0.717, 1.165) is 16.9 Å². The lowest BCUT2D eigenvalue weighted by molar-refractivity contribution is -0.143. The molecule has 8 heteroatoms. The van der Waals surface area contributed by atoms with Crippen LogP contribution in [0.5, 0.6) is 11.5 Å². The summed E-state index contributed by atoms with van der Waals surface area (Å²) < 4.78 is 31.6. The molecule has 1 fully saturated rings. The molecule has 0 spiro atoms. The molecule has 2 aliphatic rings. The van der Waals surface area contributed by atoms with Crippen LogP contribution in [0.4, 0.5) is 0 Å². The van der Waals surface area contributed by atoms with Gasteiger partial charge < -0.3 is 23.1 Å². The third-order valence-corrected chi connectivity index (χ3v) is 18.4. The number of methoxy groups -OCH3 is 1. The first kappa shape index (κ1) is 31.5. The van der Waals surface area contributed by atoms with Crippen LogP contribution in [-0.4, -0.2) is 36.3 Å². The summed E-state index contributed by atoms with van der Waals surface area (Å²) in [6.45, 7) is 22.7. The summed E-state index contributed by atoms with van der Waals surface area (Å²) in [5.74, 6) is 1.03. The summed E-state index contributed by atoms with van der Waals surface area (Å²) in [5.41, 5.74) is 2.12. The van der Waals surface area contributed by atoms with Gasteiger partial charge >= 0.3 is 5.97 Å². The maximum Gasteiger partial charge on any atom is 0.317 e. The van der Waals surface area contributed by atoms with Crippen molar-refractivity contribution in [2.45, 2.75) is 90.0 Å². The summed E-state index contributed by atoms with van der Waals surface area (Å²) in [6.07, 6.45) is 1.17. The highest BCUT2D eigenvalue weighted by Crippen LogP contribution is 2.57. The van der Waals surface area contributed by atoms with Crippen molar-refractivity contribution in [3.05, 3.63) is 71.5 Å². The number of fused-ring (bicyclic) bond motifs is 2. The lowest BCUT2D eigenvalue weighted by atomic mass is 9.72. The molecule has 0 bridgehead atoms. The van der Waals surface area contributed by atoms with Crippen LogP contribution in [0.25, 0.3) is 0 Å². The Kier molecular flexibility index (Phi) is 8.74. The maximum absolute atomic E-state index is 13.8. The Balaban J connectivity index is 1.77. The summed E-state index contributed by atoms with van der Waals surface area (Å²) in [6, 6.07) is 15.8. The number of ether oxygens (including phenoxy) is 3. The van der Waals surface area contributed by atoms with Gasteiger partial charge in [-0.05, 0) is 77.7 Å². The maximum atomic E-state index is 13.8. The van der Waals surface area contributed by atoms with Crippen molar-refractivity contribution in [1.29, 1.82) is 0 Å². The van der Waals surface area contributed by atoms with E-state index in [9.17, 15) is 4.79 Å². The van der Waals surface area contributed by atoms with Crippen molar-refractivity contribution in [3.8, 4) is 11.5 Å². The molecule has 0 unspecified atom stereocenters. The monoisotopic (exact) mass is 596 g/mol. The molecule has 0 amide bonds. The number of carbonyl (C=O) groups is 1. The average molecular weight is 597 g/mol. The van der Waals surface area contributed by atoms with Gasteiger partial charge in [0.2, 0.25) is 0 Å². The summed E-state index contributed by atoms with van der Waals surface area (Å²) in [7, 11) is -2.84. The fraction of sp³-hybridized carbons (Fsp3) is 0.545. The van der Waals surface area contributed by atoms with E-state index in [0.29, 0.717) is 11.5 Å². The Hall–Kier alpha value is -2.40. The number of hydrogen-bond donors (Lipinski definition) is 0. The molecule has 1 aliphatic carbocycles. The second-order valence-corrected chi connectivity index (χ2v) is 23.8. The predicted molar refractivity (Wildman–Crippen MR) is 168 cm³/mol. The number of benzene rings is 2. The van der Waals surface area contributed by atoms with E-state index < -0.39 is 28.7 Å². The molecule has 4 atom stereocenters. The first-order valence-electron chi connectivity index (χ1n) is 14.6. The number of cyclic esters (lactones) is 1. The molecule has 1 aliphatic heterocycles. The Morgan fingerprint density at radius 3 is 1.68 bits per heavy atom. The zero-order valence-corrected chi connectivity index (χ0v) is 28.7. The summed E-state index contributed by atoms with van der Waals surface area (Å²) >= 11 is 0. The first-order valence-corrected chi connectivity index (χ1v) is 20.4. The van der Waals surface area contributed by atoms with Crippen LogP contribution in [-0.2, 0) is 18.4 Å². The molecule has 2 aromatic carbocycles. The van der Waals surface area contributed by atoms with Crippen LogP contribution in [0.15, 0.2) is 60.4 Å². The van der Waals surface area contributed by atoms with Gasteiger partial charge in [-0.15, -0.1) is 0 Å². The molecule has 41 heavy (non-hydrogen) atoms. The second kappa shape index (κ2) is 11.4. The van der Waals surface area contributed by atoms with Crippen LogP contribution < -0.4 is 9.47 Å². The zero-order chi connectivity index (χ0) is 30.4. The topological polar surface area (TPSA) is 63.2 Å². The fourth-order valence-electron chi connectivity index (χ4n) is 4.97. The highest BCUT2D eigenvalue weighted by molar-refractivity contribution is 6.74. The van der Waals surface area contributed by atoms with E-state index in [2.05, 4.69) is 85.9 Å². The van der Waals surface area contributed by atoms with Crippen molar-refractivity contribution in [3.63, 3.8) is 0 Å². The van der Waals surface area contributed by atoms with E-state index in [4.69, 9.17) is 23.1 Å². The quantitative estimate of drug-likeness (QED) is 0.225. The number of esters is 1. The zero-order valence-electron chi connectivity index (χ0n) is 26.7. The third-order valence-electron chi connectivity index (χ3n) is 9.52. The van der Waals surface area contributed by atoms with E-state index in [1.807, 2.05) is 36.4 Å². The van der Waals surface area contributed by atoms with Gasteiger partial charge in [0, 0.05) is 0 Å². The molecule has 0 aromatic heterocycles. The first-order chi connectivity index (χ1) is 19.0. The predicted octanol–water partition coefficient (Wildman–Crippen LogP) is 8.59. The minimum absolute atomic E-state index is 0.00322. The highest BCUT2D eigenvalue weighted by Gasteiger charge is 2.58. The van der Waals surface area contributed by atoms with Crippen molar-refractivity contribution in [1.82, 2.24) is 0 Å². The highest BCUT2D eigenvalue weighted by atomic mass is 28.4. The van der Waals surface area contributed by atoms with Crippen LogP contribution >= 0.6 is 0 Å². The van der Waals surface area contributed by atoms with Gasteiger partial charge in [-0.25, -0.2) is 0 Å². The molecule has 2 aromatic rings. The average Bonchev–Trinajstić information content (AvgIpc) is 3.20. The standard InChI is InChI=1S/C33H48O6Si2/c1-32(2,3)40(8,9)38-29-24-14-12-13-15-25(24)30(39-41(10,11)33(4,5)6)28-27(29)26(37-31(28)34)20-21-36-23-18-16-22(35-7)17-19-23/h12-20,27-30H,21H2,1-11H3/b26-20-/t27-,28+,29+,30-/m1/s1. The van der Waals surface area contributed by atoms with Crippen molar-refractivity contribution in [2.75, 3.05) is 13.7 Å². The Morgan fingerprint density at radius 2 is 1.22 bits per heavy atom. The van der Waals surface area contributed by atoms with Gasteiger partial charge in [0.05, 0.1) is 31.2 Å². The van der Waals surface area contributed by atoms with Gasteiger partial charge in [-0.2, -0.15) is 0 Å². The fourth-order valence-corrected chi connectivity index (χ4v) is 7.50. The third kappa shape index (κ3) is 6.36. The molecule has 0 N–H and O–H groups in total. The lowest BCUT2D eigenvalue weighted by Crippen LogP contribution is -2.48. The largest absolute Gasteiger partial charge is 0.497 e. The van der Waals surface area contributed by atoms with Gasteiger partial charge in [-0.3, -0.25) is 4.79 Å². The van der Waals surface area contributed by atoms with E-state index in [-0.39, 0.29) is 34.7 Å². The van der Waals surface area contributed by atoms with Crippen LogP contribution in [0.1, 0.15) is 64.9 Å². The molecule has 6 nitrogen and oxygen atoms in total. The van der Waals surface area contributed by atoms with Gasteiger partial charge in [-0.1, -0.05) is 65.8 Å². The summed E-state index contributed by atoms with van der Waals surface area (Å²) in [4.78, 5) is 13.8. The molecule has 0 saturated carbocycles.